The van der Waals surface area contributed by atoms with Crippen LogP contribution >= 0.6 is 0 Å². The second kappa shape index (κ2) is 10.5. The van der Waals surface area contributed by atoms with E-state index in [4.69, 9.17) is 19.4 Å². The molecule has 9 heteroatoms. The van der Waals surface area contributed by atoms with Crippen LogP contribution in [0.2, 0.25) is 0 Å². The van der Waals surface area contributed by atoms with Gasteiger partial charge in [-0.05, 0) is 51.3 Å². The summed E-state index contributed by atoms with van der Waals surface area (Å²) in [6.07, 6.45) is 9.45. The van der Waals surface area contributed by atoms with Crippen molar-refractivity contribution in [1.29, 1.82) is 0 Å². The lowest BCUT2D eigenvalue weighted by atomic mass is 10.1. The van der Waals surface area contributed by atoms with Crippen LogP contribution in [0.4, 0.5) is 20.5 Å². The highest BCUT2D eigenvalue weighted by Crippen LogP contribution is 2.37. The minimum Gasteiger partial charge on any atom is -0.493 e. The van der Waals surface area contributed by atoms with Crippen molar-refractivity contribution in [3.63, 3.8) is 0 Å². The third-order valence-electron chi connectivity index (χ3n) is 7.16. The number of anilines is 2. The monoisotopic (exact) mass is 487 g/mol. The predicted molar refractivity (Wildman–Crippen MR) is 134 cm³/mol. The van der Waals surface area contributed by atoms with Gasteiger partial charge in [0.05, 0.1) is 19.2 Å². The molecule has 2 fully saturated rings. The SMILES string of the molecule is COc1cc2c(NC3C=CCC3)nc(N3CCC(F)(F)CC3)nc2cc1OCCCN1CCCC1. The largest absolute Gasteiger partial charge is 0.493 e. The van der Waals surface area contributed by atoms with E-state index in [1.54, 1.807) is 7.11 Å². The summed E-state index contributed by atoms with van der Waals surface area (Å²) in [5.74, 6) is -0.173. The van der Waals surface area contributed by atoms with Crippen molar-refractivity contribution in [3.05, 3.63) is 24.3 Å². The van der Waals surface area contributed by atoms with Gasteiger partial charge >= 0.3 is 0 Å². The van der Waals surface area contributed by atoms with Crippen LogP contribution in [0.5, 0.6) is 11.5 Å². The maximum Gasteiger partial charge on any atom is 0.251 e. The Bertz CT molecular complexity index is 1050. The molecule has 0 saturated carbocycles. The van der Waals surface area contributed by atoms with Gasteiger partial charge in [-0.1, -0.05) is 12.2 Å². The smallest absolute Gasteiger partial charge is 0.251 e. The van der Waals surface area contributed by atoms with Crippen LogP contribution in [-0.4, -0.2) is 73.3 Å². The molecular formula is C26H35F2N5O2. The Morgan fingerprint density at radius 1 is 1.09 bits per heavy atom. The Balaban J connectivity index is 1.40. The second-order valence-electron chi connectivity index (χ2n) is 9.74. The number of halogens is 2. The predicted octanol–water partition coefficient (Wildman–Crippen LogP) is 4.87. The number of ether oxygens (including phenoxy) is 2. The molecule has 1 unspecified atom stereocenters. The molecule has 3 heterocycles. The van der Waals surface area contributed by atoms with Crippen LogP contribution in [0.25, 0.3) is 10.9 Å². The topological polar surface area (TPSA) is 62.8 Å². The zero-order chi connectivity index (χ0) is 24.3. The van der Waals surface area contributed by atoms with E-state index in [2.05, 4.69) is 22.4 Å². The molecule has 1 aliphatic carbocycles. The first-order valence-corrected chi connectivity index (χ1v) is 12.8. The minimum atomic E-state index is -2.62. The number of likely N-dealkylation sites (tertiary alicyclic amines) is 1. The number of nitrogens with zero attached hydrogens (tertiary/aromatic N) is 4. The van der Waals surface area contributed by atoms with Gasteiger partial charge in [-0.2, -0.15) is 4.98 Å². The number of rotatable bonds is 9. The Morgan fingerprint density at radius 2 is 1.89 bits per heavy atom. The van der Waals surface area contributed by atoms with E-state index in [0.717, 1.165) is 31.2 Å². The molecule has 3 aliphatic rings. The number of nitrogens with one attached hydrogen (secondary N) is 1. The Kier molecular flexibility index (Phi) is 7.22. The molecule has 1 N–H and O–H groups in total. The normalized spacial score (nSPS) is 22.1. The summed E-state index contributed by atoms with van der Waals surface area (Å²) in [6.45, 7) is 4.44. The molecule has 0 bridgehead atoms. The minimum absolute atomic E-state index is 0.180. The van der Waals surface area contributed by atoms with Crippen LogP contribution in [0.15, 0.2) is 24.3 Å². The first-order chi connectivity index (χ1) is 17.0. The summed E-state index contributed by atoms with van der Waals surface area (Å²) in [4.78, 5) is 13.9. The zero-order valence-electron chi connectivity index (χ0n) is 20.4. The van der Waals surface area contributed by atoms with Crippen LogP contribution in [0.3, 0.4) is 0 Å². The molecule has 2 aliphatic heterocycles. The Labute approximate surface area is 205 Å². The van der Waals surface area contributed by atoms with E-state index in [1.807, 2.05) is 17.0 Å². The molecule has 1 atom stereocenters. The third-order valence-corrected chi connectivity index (χ3v) is 7.16. The zero-order valence-corrected chi connectivity index (χ0v) is 20.4. The molecule has 0 amide bonds. The second-order valence-corrected chi connectivity index (χ2v) is 9.74. The van der Waals surface area contributed by atoms with Crippen LogP contribution in [-0.2, 0) is 0 Å². The Hall–Kier alpha value is -2.68. The van der Waals surface area contributed by atoms with Crippen molar-refractivity contribution in [2.45, 2.75) is 56.9 Å². The van der Waals surface area contributed by atoms with Gasteiger partial charge in [0.25, 0.3) is 5.92 Å². The summed E-state index contributed by atoms with van der Waals surface area (Å²) < 4.78 is 39.3. The van der Waals surface area contributed by atoms with Gasteiger partial charge in [0.2, 0.25) is 5.95 Å². The lowest BCUT2D eigenvalue weighted by Crippen LogP contribution is -2.40. The van der Waals surface area contributed by atoms with Gasteiger partial charge in [0.15, 0.2) is 11.5 Å². The molecule has 35 heavy (non-hydrogen) atoms. The van der Waals surface area contributed by atoms with Gasteiger partial charge < -0.3 is 24.6 Å². The summed E-state index contributed by atoms with van der Waals surface area (Å²) >= 11 is 0. The molecule has 2 saturated heterocycles. The number of aromatic nitrogens is 2. The van der Waals surface area contributed by atoms with Gasteiger partial charge in [-0.25, -0.2) is 13.8 Å². The van der Waals surface area contributed by atoms with E-state index in [9.17, 15) is 8.78 Å². The molecule has 2 aromatic rings. The number of alkyl halides is 2. The van der Waals surface area contributed by atoms with E-state index < -0.39 is 5.92 Å². The first-order valence-electron chi connectivity index (χ1n) is 12.8. The molecule has 7 nitrogen and oxygen atoms in total. The molecule has 0 spiro atoms. The van der Waals surface area contributed by atoms with Crippen molar-refractivity contribution >= 4 is 22.7 Å². The van der Waals surface area contributed by atoms with Gasteiger partial charge in [0, 0.05) is 50.0 Å². The standard InChI is InChI=1S/C26H35F2N5O2/c1-34-22-17-20-21(18-23(22)35-16-6-13-32-11-4-5-12-32)30-25(33-14-9-26(27,28)10-15-33)31-24(20)29-19-7-2-3-8-19/h2,7,17-19H,3-6,8-16H2,1H3,(H,29,30,31). The number of allylic oxidation sites excluding steroid dienone is 1. The maximum absolute atomic E-state index is 13.8. The summed E-state index contributed by atoms with van der Waals surface area (Å²) in [7, 11) is 1.63. The van der Waals surface area contributed by atoms with Crippen molar-refractivity contribution in [2.75, 3.05) is 56.7 Å². The number of methoxy groups -OCH3 is 1. The molecule has 1 aromatic carbocycles. The van der Waals surface area contributed by atoms with Gasteiger partial charge in [-0.3, -0.25) is 0 Å². The van der Waals surface area contributed by atoms with Crippen molar-refractivity contribution in [1.82, 2.24) is 14.9 Å². The fourth-order valence-corrected chi connectivity index (χ4v) is 5.09. The van der Waals surface area contributed by atoms with Gasteiger partial charge in [0.1, 0.15) is 5.82 Å². The fraction of sp³-hybridized carbons (Fsp3) is 0.615. The highest BCUT2D eigenvalue weighted by atomic mass is 19.3. The fourth-order valence-electron chi connectivity index (χ4n) is 5.09. The highest BCUT2D eigenvalue weighted by molar-refractivity contribution is 5.93. The van der Waals surface area contributed by atoms with E-state index in [0.29, 0.717) is 35.4 Å². The average Bonchev–Trinajstić information content (AvgIpc) is 3.56. The maximum atomic E-state index is 13.8. The van der Waals surface area contributed by atoms with Crippen molar-refractivity contribution in [2.24, 2.45) is 0 Å². The number of hydrogen-bond donors (Lipinski definition) is 1. The highest BCUT2D eigenvalue weighted by Gasteiger charge is 2.35. The van der Waals surface area contributed by atoms with Crippen molar-refractivity contribution < 1.29 is 18.3 Å². The van der Waals surface area contributed by atoms with Crippen molar-refractivity contribution in [3.8, 4) is 11.5 Å². The number of benzene rings is 1. The average molecular weight is 488 g/mol. The van der Waals surface area contributed by atoms with E-state index >= 15 is 0 Å². The summed E-state index contributed by atoms with van der Waals surface area (Å²) in [5.41, 5.74) is 0.715. The Morgan fingerprint density at radius 3 is 2.60 bits per heavy atom. The first kappa shape index (κ1) is 24.0. The lowest BCUT2D eigenvalue weighted by Gasteiger charge is -2.32. The molecule has 1 aromatic heterocycles. The molecule has 0 radical (unpaired) electrons. The third kappa shape index (κ3) is 5.77. The number of hydrogen-bond acceptors (Lipinski definition) is 7. The summed E-state index contributed by atoms with van der Waals surface area (Å²) in [5, 5.41) is 4.35. The lowest BCUT2D eigenvalue weighted by molar-refractivity contribution is -0.0222. The van der Waals surface area contributed by atoms with Crippen LogP contribution in [0, 0.1) is 0 Å². The van der Waals surface area contributed by atoms with E-state index in [1.165, 1.54) is 25.9 Å². The van der Waals surface area contributed by atoms with Crippen LogP contribution in [0.1, 0.15) is 44.9 Å². The molecule has 190 valence electrons. The molecular weight excluding hydrogens is 452 g/mol. The quantitative estimate of drug-likeness (QED) is 0.400. The van der Waals surface area contributed by atoms with Gasteiger partial charge in [-0.15, -0.1) is 0 Å². The van der Waals surface area contributed by atoms with E-state index in [-0.39, 0.29) is 32.0 Å². The summed E-state index contributed by atoms with van der Waals surface area (Å²) in [6, 6.07) is 3.99. The number of piperidine rings is 1. The van der Waals surface area contributed by atoms with Crippen LogP contribution < -0.4 is 19.7 Å². The number of fused-ring (bicyclic) bond motifs is 1. The molecule has 5 rings (SSSR count).